The molecule has 1 atom stereocenters. The highest BCUT2D eigenvalue weighted by atomic mass is 32.1. The van der Waals surface area contributed by atoms with E-state index in [9.17, 15) is 18.8 Å². The molecule has 0 saturated carbocycles. The summed E-state index contributed by atoms with van der Waals surface area (Å²) in [6, 6.07) is 10.5. The van der Waals surface area contributed by atoms with Crippen LogP contribution in [0.2, 0.25) is 0 Å². The van der Waals surface area contributed by atoms with Crippen LogP contribution in [0, 0.1) is 18.3 Å². The van der Waals surface area contributed by atoms with Gasteiger partial charge in [0.15, 0.2) is 5.79 Å². The Labute approximate surface area is 239 Å². The molecule has 0 bridgehead atoms. The molecular weight excluding hydrogens is 551 g/mol. The van der Waals surface area contributed by atoms with Crippen molar-refractivity contribution < 1.29 is 28.2 Å². The maximum absolute atomic E-state index is 13.3. The predicted octanol–water partition coefficient (Wildman–Crippen LogP) is 1.93. The van der Waals surface area contributed by atoms with E-state index < -0.39 is 29.6 Å². The van der Waals surface area contributed by atoms with E-state index in [4.69, 9.17) is 20.6 Å². The normalized spacial score (nSPS) is 17.5. The van der Waals surface area contributed by atoms with Crippen molar-refractivity contribution in [3.8, 4) is 11.1 Å². The molecule has 0 aliphatic carbocycles. The van der Waals surface area contributed by atoms with Crippen molar-refractivity contribution in [2.75, 3.05) is 26.3 Å². The first kappa shape index (κ1) is 28.3. The topological polar surface area (TPSA) is 160 Å². The van der Waals surface area contributed by atoms with E-state index in [-0.39, 0.29) is 37.8 Å². The molecule has 2 fully saturated rings. The minimum absolute atomic E-state index is 0.0536. The van der Waals surface area contributed by atoms with Crippen molar-refractivity contribution >= 4 is 34.9 Å². The number of ether oxygens (including phenoxy) is 2. The largest absolute Gasteiger partial charge is 0.384 e. The van der Waals surface area contributed by atoms with E-state index in [1.807, 2.05) is 0 Å². The van der Waals surface area contributed by atoms with E-state index in [0.717, 1.165) is 16.0 Å². The lowest BCUT2D eigenvalue weighted by molar-refractivity contribution is -0.152. The molecule has 11 nitrogen and oxygen atoms in total. The van der Waals surface area contributed by atoms with Crippen molar-refractivity contribution in [3.63, 3.8) is 0 Å². The fourth-order valence-corrected chi connectivity index (χ4v) is 5.77. The number of amidine groups is 1. The number of hydrogen-bond acceptors (Lipinski definition) is 8. The highest BCUT2D eigenvalue weighted by molar-refractivity contribution is 7.10. The van der Waals surface area contributed by atoms with Gasteiger partial charge in [-0.05, 0) is 42.8 Å². The van der Waals surface area contributed by atoms with Crippen LogP contribution in [0.15, 0.2) is 47.8 Å². The Bertz CT molecular complexity index is 1490. The molecule has 5 rings (SSSR count). The fourth-order valence-electron chi connectivity index (χ4n) is 4.94. The van der Waals surface area contributed by atoms with Gasteiger partial charge in [0, 0.05) is 39.1 Å². The Morgan fingerprint density at radius 2 is 1.88 bits per heavy atom. The second kappa shape index (κ2) is 11.7. The Kier molecular flexibility index (Phi) is 8.10. The second-order valence-corrected chi connectivity index (χ2v) is 10.8. The van der Waals surface area contributed by atoms with Crippen LogP contribution in [0.1, 0.15) is 32.9 Å². The number of nitrogens with zero attached hydrogens (tertiary/aromatic N) is 2. The molecule has 3 amide bonds. The number of rotatable bonds is 8. The number of pyridine rings is 1. The molecule has 2 saturated heterocycles. The molecule has 2 aliphatic rings. The quantitative estimate of drug-likeness (QED) is 0.180. The number of likely N-dealkylation sites (tertiary alicyclic amines) is 1. The number of nitrogen functional groups attached to an aromatic ring is 1. The van der Waals surface area contributed by atoms with Crippen molar-refractivity contribution in [1.29, 1.82) is 5.41 Å². The summed E-state index contributed by atoms with van der Waals surface area (Å²) in [5, 5.41) is 14.7. The molecule has 0 radical (unpaired) electrons. The Morgan fingerprint density at radius 1 is 1.15 bits per heavy atom. The van der Waals surface area contributed by atoms with Crippen molar-refractivity contribution in [2.45, 2.75) is 31.7 Å². The van der Waals surface area contributed by atoms with Gasteiger partial charge in [-0.25, -0.2) is 4.98 Å². The maximum atomic E-state index is 13.3. The number of aryl methyl sites for hydroxylation is 1. The number of halogens is 1. The lowest BCUT2D eigenvalue weighted by atomic mass is 10.0. The smallest absolute Gasteiger partial charge is 0.251 e. The van der Waals surface area contributed by atoms with Crippen LogP contribution in [-0.2, 0) is 25.6 Å². The summed E-state index contributed by atoms with van der Waals surface area (Å²) in [5.41, 5.74) is 8.48. The first-order chi connectivity index (χ1) is 19.6. The minimum atomic E-state index is -1.06. The molecular formula is C28H29FN6O5S. The van der Waals surface area contributed by atoms with Crippen LogP contribution >= 0.6 is 11.3 Å². The standard InChI is InChI=1S/C28H29FN6O5S/c1-16-21(6-7-23(29)34-16)17-2-4-18(5-3-17)26(37)33-13-24(36)35-15-28(39-8-9-40-28)11-22(35)27(38)32-12-20-10-19(14-41-20)25(30)31/h2-7,10,14,22H,8-9,11-13,15H2,1H3,(H3,30,31)(H,32,38)(H,33,37). The third kappa shape index (κ3) is 6.26. The summed E-state index contributed by atoms with van der Waals surface area (Å²) in [5.74, 6) is -2.96. The Balaban J connectivity index is 1.21. The molecule has 3 aromatic rings. The molecule has 5 N–H and O–H groups in total. The van der Waals surface area contributed by atoms with Gasteiger partial charge in [-0.1, -0.05) is 12.1 Å². The average molecular weight is 581 g/mol. The fraction of sp³-hybridized carbons (Fsp3) is 0.321. The first-order valence-corrected chi connectivity index (χ1v) is 13.8. The van der Waals surface area contributed by atoms with E-state index in [2.05, 4.69) is 15.6 Å². The third-order valence-electron chi connectivity index (χ3n) is 7.04. The zero-order chi connectivity index (χ0) is 29.1. The zero-order valence-corrected chi connectivity index (χ0v) is 23.1. The first-order valence-electron chi connectivity index (χ1n) is 12.9. The number of amides is 3. The summed E-state index contributed by atoms with van der Waals surface area (Å²) in [6.45, 7) is 2.37. The Morgan fingerprint density at radius 3 is 2.54 bits per heavy atom. The van der Waals surface area contributed by atoms with E-state index in [1.165, 1.54) is 22.3 Å². The minimum Gasteiger partial charge on any atom is -0.384 e. The molecule has 214 valence electrons. The molecule has 2 aromatic heterocycles. The number of benzene rings is 1. The van der Waals surface area contributed by atoms with Crippen LogP contribution in [0.3, 0.4) is 0 Å². The molecule has 1 unspecified atom stereocenters. The SMILES string of the molecule is Cc1nc(F)ccc1-c1ccc(C(=O)NCC(=O)N2CC3(CC2C(=O)NCc2cc(C(=N)N)cs2)OCCO3)cc1. The van der Waals surface area contributed by atoms with Crippen LogP contribution in [0.4, 0.5) is 4.39 Å². The van der Waals surface area contributed by atoms with Gasteiger partial charge < -0.3 is 30.7 Å². The number of hydrogen-bond donors (Lipinski definition) is 4. The van der Waals surface area contributed by atoms with Gasteiger partial charge in [-0.2, -0.15) is 4.39 Å². The highest BCUT2D eigenvalue weighted by Crippen LogP contribution is 2.35. The molecule has 1 aromatic carbocycles. The molecule has 41 heavy (non-hydrogen) atoms. The monoisotopic (exact) mass is 580 g/mol. The molecule has 13 heteroatoms. The maximum Gasteiger partial charge on any atom is 0.251 e. The van der Waals surface area contributed by atoms with Crippen LogP contribution in [0.5, 0.6) is 0 Å². The summed E-state index contributed by atoms with van der Waals surface area (Å²) < 4.78 is 24.9. The number of aromatic nitrogens is 1. The van der Waals surface area contributed by atoms with Gasteiger partial charge in [0.2, 0.25) is 17.8 Å². The van der Waals surface area contributed by atoms with Gasteiger partial charge in [0.05, 0.1) is 32.8 Å². The number of nitrogens with two attached hydrogens (primary N) is 1. The van der Waals surface area contributed by atoms with Gasteiger partial charge in [-0.3, -0.25) is 19.8 Å². The van der Waals surface area contributed by atoms with Gasteiger partial charge >= 0.3 is 0 Å². The second-order valence-electron chi connectivity index (χ2n) is 9.81. The molecule has 2 aliphatic heterocycles. The van der Waals surface area contributed by atoms with Crippen LogP contribution < -0.4 is 16.4 Å². The third-order valence-corrected chi connectivity index (χ3v) is 7.98. The van der Waals surface area contributed by atoms with Crippen molar-refractivity contribution in [2.24, 2.45) is 5.73 Å². The van der Waals surface area contributed by atoms with E-state index >= 15 is 0 Å². The van der Waals surface area contributed by atoms with E-state index in [0.29, 0.717) is 30.0 Å². The van der Waals surface area contributed by atoms with Gasteiger partial charge in [-0.15, -0.1) is 11.3 Å². The number of thiophene rings is 1. The average Bonchev–Trinajstić information content (AvgIpc) is 3.71. The lowest BCUT2D eigenvalue weighted by Gasteiger charge is -2.24. The van der Waals surface area contributed by atoms with Crippen molar-refractivity contribution in [3.05, 3.63) is 75.5 Å². The summed E-state index contributed by atoms with van der Waals surface area (Å²) in [4.78, 5) is 45.2. The van der Waals surface area contributed by atoms with Crippen molar-refractivity contribution in [1.82, 2.24) is 20.5 Å². The van der Waals surface area contributed by atoms with E-state index in [1.54, 1.807) is 48.7 Å². The van der Waals surface area contributed by atoms with Gasteiger partial charge in [0.25, 0.3) is 5.91 Å². The summed E-state index contributed by atoms with van der Waals surface area (Å²) in [7, 11) is 0. The molecule has 1 spiro atoms. The summed E-state index contributed by atoms with van der Waals surface area (Å²) >= 11 is 1.37. The van der Waals surface area contributed by atoms with Crippen LogP contribution in [-0.4, -0.2) is 71.6 Å². The number of carbonyl (C=O) groups is 3. The predicted molar refractivity (Wildman–Crippen MR) is 149 cm³/mol. The number of carbonyl (C=O) groups excluding carboxylic acids is 3. The molecule has 4 heterocycles. The Hall–Kier alpha value is -4.20. The van der Waals surface area contributed by atoms with Crippen LogP contribution in [0.25, 0.3) is 11.1 Å². The lowest BCUT2D eigenvalue weighted by Crippen LogP contribution is -2.49. The highest BCUT2D eigenvalue weighted by Gasteiger charge is 2.52. The van der Waals surface area contributed by atoms with Gasteiger partial charge in [0.1, 0.15) is 11.9 Å². The number of nitrogens with one attached hydrogen (secondary N) is 3. The summed E-state index contributed by atoms with van der Waals surface area (Å²) in [6.07, 6.45) is 0.167. The zero-order valence-electron chi connectivity index (χ0n) is 22.2.